The summed E-state index contributed by atoms with van der Waals surface area (Å²) in [5.74, 6) is 0.833. The number of benzene rings is 2. The quantitative estimate of drug-likeness (QED) is 0.890. The maximum Gasteiger partial charge on any atom is 0.119 e. The lowest BCUT2D eigenvalue weighted by Crippen LogP contribution is -2.13. The lowest BCUT2D eigenvalue weighted by atomic mass is 10.0. The molecule has 2 rings (SSSR count). The first-order chi connectivity index (χ1) is 9.17. The maximum atomic E-state index is 10.1. The summed E-state index contributed by atoms with van der Waals surface area (Å²) in [6.45, 7) is 2.07. The first-order valence-electron chi connectivity index (χ1n) is 6.54. The molecule has 0 saturated carbocycles. The van der Waals surface area contributed by atoms with E-state index >= 15 is 0 Å². The van der Waals surface area contributed by atoms with Crippen LogP contribution in [-0.4, -0.2) is 18.3 Å². The highest BCUT2D eigenvalue weighted by Gasteiger charge is 2.07. The van der Waals surface area contributed by atoms with Crippen LogP contribution in [0.2, 0.25) is 0 Å². The Bertz CT molecular complexity index is 517. The molecule has 0 aromatic heterocycles. The topological polar surface area (TPSA) is 29.5 Å². The zero-order valence-electron chi connectivity index (χ0n) is 11.5. The number of aryl methyl sites for hydroxylation is 1. The fourth-order valence-corrected chi connectivity index (χ4v) is 2.14. The number of aliphatic hydroxyl groups is 1. The van der Waals surface area contributed by atoms with Crippen molar-refractivity contribution in [3.8, 4) is 5.75 Å². The van der Waals surface area contributed by atoms with Crippen LogP contribution >= 0.6 is 0 Å². The van der Waals surface area contributed by atoms with Crippen LogP contribution in [0.3, 0.4) is 0 Å². The molecule has 0 aliphatic rings. The smallest absolute Gasteiger partial charge is 0.119 e. The van der Waals surface area contributed by atoms with Gasteiger partial charge in [0, 0.05) is 0 Å². The molecule has 19 heavy (non-hydrogen) atoms. The van der Waals surface area contributed by atoms with Crippen molar-refractivity contribution in [2.24, 2.45) is 0 Å². The van der Waals surface area contributed by atoms with Crippen LogP contribution in [0.4, 0.5) is 0 Å². The van der Waals surface area contributed by atoms with E-state index in [0.29, 0.717) is 12.8 Å². The van der Waals surface area contributed by atoms with Gasteiger partial charge in [-0.3, -0.25) is 0 Å². The number of hydrogen-bond acceptors (Lipinski definition) is 2. The lowest BCUT2D eigenvalue weighted by molar-refractivity contribution is 0.175. The van der Waals surface area contributed by atoms with Crippen LogP contribution in [0.15, 0.2) is 48.5 Å². The minimum Gasteiger partial charge on any atom is -0.497 e. The molecule has 2 aromatic carbocycles. The molecule has 0 heterocycles. The van der Waals surface area contributed by atoms with Gasteiger partial charge in [0.1, 0.15) is 5.75 Å². The average molecular weight is 256 g/mol. The monoisotopic (exact) mass is 256 g/mol. The van der Waals surface area contributed by atoms with Crippen molar-refractivity contribution in [2.75, 3.05) is 7.11 Å². The summed E-state index contributed by atoms with van der Waals surface area (Å²) in [5, 5.41) is 10.1. The highest BCUT2D eigenvalue weighted by molar-refractivity contribution is 5.29. The Morgan fingerprint density at radius 2 is 1.68 bits per heavy atom. The van der Waals surface area contributed by atoms with Crippen molar-refractivity contribution >= 4 is 0 Å². The van der Waals surface area contributed by atoms with Crippen molar-refractivity contribution in [1.82, 2.24) is 0 Å². The summed E-state index contributed by atoms with van der Waals surface area (Å²) >= 11 is 0. The number of hydrogen-bond donors (Lipinski definition) is 1. The first-order valence-corrected chi connectivity index (χ1v) is 6.54. The zero-order valence-corrected chi connectivity index (χ0v) is 11.5. The van der Waals surface area contributed by atoms with Crippen molar-refractivity contribution in [2.45, 2.75) is 25.9 Å². The maximum absolute atomic E-state index is 10.1. The normalized spacial score (nSPS) is 12.2. The minimum absolute atomic E-state index is 0.366. The Labute approximate surface area is 114 Å². The number of aliphatic hydroxyl groups excluding tert-OH is 1. The third-order valence-electron chi connectivity index (χ3n) is 3.20. The van der Waals surface area contributed by atoms with Crippen LogP contribution in [0.5, 0.6) is 5.75 Å². The van der Waals surface area contributed by atoms with E-state index in [1.807, 2.05) is 24.3 Å². The van der Waals surface area contributed by atoms with E-state index in [-0.39, 0.29) is 6.10 Å². The largest absolute Gasteiger partial charge is 0.497 e. The van der Waals surface area contributed by atoms with Gasteiger partial charge in [-0.25, -0.2) is 0 Å². The Balaban J connectivity index is 1.96. The van der Waals surface area contributed by atoms with Gasteiger partial charge in [-0.05, 0) is 43.0 Å². The summed E-state index contributed by atoms with van der Waals surface area (Å²) in [6, 6.07) is 16.2. The predicted octanol–water partition coefficient (Wildman–Crippen LogP) is 3.15. The molecule has 100 valence electrons. The van der Waals surface area contributed by atoms with E-state index < -0.39 is 0 Å². The Morgan fingerprint density at radius 1 is 1.00 bits per heavy atom. The second-order valence-electron chi connectivity index (χ2n) is 4.90. The summed E-state index contributed by atoms with van der Waals surface area (Å²) in [5.41, 5.74) is 3.51. The standard InChI is InChI=1S/C17H20O2/c1-13-6-8-14(9-7-13)10-16(18)11-15-4-3-5-17(12-15)19-2/h3-9,12,16,18H,10-11H2,1-2H3. The molecule has 1 N–H and O–H groups in total. The predicted molar refractivity (Wildman–Crippen MR) is 77.6 cm³/mol. The molecule has 0 radical (unpaired) electrons. The van der Waals surface area contributed by atoms with Gasteiger partial charge in [-0.2, -0.15) is 0 Å². The SMILES string of the molecule is COc1cccc(CC(O)Cc2ccc(C)cc2)c1. The van der Waals surface area contributed by atoms with E-state index in [0.717, 1.165) is 11.3 Å². The van der Waals surface area contributed by atoms with Gasteiger partial charge >= 0.3 is 0 Å². The van der Waals surface area contributed by atoms with Crippen molar-refractivity contribution < 1.29 is 9.84 Å². The van der Waals surface area contributed by atoms with Gasteiger partial charge in [0.25, 0.3) is 0 Å². The molecule has 1 unspecified atom stereocenters. The highest BCUT2D eigenvalue weighted by atomic mass is 16.5. The third kappa shape index (κ3) is 4.11. The molecule has 1 atom stereocenters. The van der Waals surface area contributed by atoms with E-state index in [2.05, 4.69) is 31.2 Å². The Kier molecular flexibility index (Phi) is 4.58. The molecule has 0 bridgehead atoms. The summed E-state index contributed by atoms with van der Waals surface area (Å²) in [4.78, 5) is 0. The molecule has 2 aromatic rings. The van der Waals surface area contributed by atoms with E-state index in [9.17, 15) is 5.11 Å². The molecule has 0 aliphatic carbocycles. The molecular weight excluding hydrogens is 236 g/mol. The Morgan fingerprint density at radius 3 is 2.37 bits per heavy atom. The molecule has 2 heteroatoms. The summed E-state index contributed by atoms with van der Waals surface area (Å²) in [7, 11) is 1.65. The van der Waals surface area contributed by atoms with Gasteiger partial charge in [0.05, 0.1) is 13.2 Å². The summed E-state index contributed by atoms with van der Waals surface area (Å²) in [6.07, 6.45) is 0.956. The molecule has 0 spiro atoms. The fourth-order valence-electron chi connectivity index (χ4n) is 2.14. The average Bonchev–Trinajstić information content (AvgIpc) is 2.41. The first kappa shape index (κ1) is 13.6. The van der Waals surface area contributed by atoms with Crippen LogP contribution in [0.1, 0.15) is 16.7 Å². The van der Waals surface area contributed by atoms with Crippen LogP contribution in [0.25, 0.3) is 0 Å². The molecule has 0 saturated heterocycles. The fraction of sp³-hybridized carbons (Fsp3) is 0.294. The molecular formula is C17H20O2. The van der Waals surface area contributed by atoms with Crippen molar-refractivity contribution in [1.29, 1.82) is 0 Å². The number of rotatable bonds is 5. The van der Waals surface area contributed by atoms with E-state index in [1.165, 1.54) is 11.1 Å². The lowest BCUT2D eigenvalue weighted by Gasteiger charge is -2.11. The highest BCUT2D eigenvalue weighted by Crippen LogP contribution is 2.15. The van der Waals surface area contributed by atoms with Crippen LogP contribution < -0.4 is 4.74 Å². The second kappa shape index (κ2) is 6.39. The molecule has 0 fully saturated rings. The molecule has 2 nitrogen and oxygen atoms in total. The number of ether oxygens (including phenoxy) is 1. The molecule has 0 amide bonds. The minimum atomic E-state index is -0.366. The van der Waals surface area contributed by atoms with E-state index in [1.54, 1.807) is 7.11 Å². The number of methoxy groups -OCH3 is 1. The summed E-state index contributed by atoms with van der Waals surface area (Å²) < 4.78 is 5.19. The van der Waals surface area contributed by atoms with Crippen molar-refractivity contribution in [3.05, 3.63) is 65.2 Å². The van der Waals surface area contributed by atoms with Gasteiger partial charge in [0.2, 0.25) is 0 Å². The van der Waals surface area contributed by atoms with Crippen LogP contribution in [-0.2, 0) is 12.8 Å². The Hall–Kier alpha value is -1.80. The zero-order chi connectivity index (χ0) is 13.7. The van der Waals surface area contributed by atoms with Crippen molar-refractivity contribution in [3.63, 3.8) is 0 Å². The van der Waals surface area contributed by atoms with Gasteiger partial charge in [-0.1, -0.05) is 42.0 Å². The van der Waals surface area contributed by atoms with E-state index in [4.69, 9.17) is 4.74 Å². The molecule has 0 aliphatic heterocycles. The second-order valence-corrected chi connectivity index (χ2v) is 4.90. The van der Waals surface area contributed by atoms with Gasteiger partial charge in [0.15, 0.2) is 0 Å². The van der Waals surface area contributed by atoms with Crippen LogP contribution in [0, 0.1) is 6.92 Å². The third-order valence-corrected chi connectivity index (χ3v) is 3.20. The van der Waals surface area contributed by atoms with Gasteiger partial charge in [-0.15, -0.1) is 0 Å². The van der Waals surface area contributed by atoms with Gasteiger partial charge < -0.3 is 9.84 Å².